The maximum atomic E-state index is 13.6. The highest BCUT2D eigenvalue weighted by Crippen LogP contribution is 2.65. The third-order valence-corrected chi connectivity index (χ3v) is 9.10. The first-order valence-corrected chi connectivity index (χ1v) is 12.5. The van der Waals surface area contributed by atoms with Gasteiger partial charge in [-0.25, -0.2) is 19.3 Å². The Morgan fingerprint density at radius 1 is 1.21 bits per heavy atom. The molecule has 8 rings (SSSR count). The molecule has 4 bridgehead atoms. The second kappa shape index (κ2) is 6.81. The molecule has 0 aliphatic heterocycles. The van der Waals surface area contributed by atoms with E-state index in [2.05, 4.69) is 27.3 Å². The molecule has 4 aliphatic rings. The standard InChI is InChI=1S/C24H27ClN8O/c1-3-23-6-14-4-15(7-23)9-24(8-14,12-23)33-20-18(31(2)22(33)34)10-26-21(30-20)29-17-11-32-19(5-16(17)25)27-13-28-32/h5,10-11,13-15H,3-4,6-9,12H2,1-2H3,(H,26,29,30). The van der Waals surface area contributed by atoms with E-state index in [0.717, 1.165) is 24.8 Å². The molecule has 4 aromatic rings. The molecule has 0 aromatic carbocycles. The van der Waals surface area contributed by atoms with Gasteiger partial charge in [0.05, 0.1) is 28.6 Å². The number of fused-ring (bicyclic) bond motifs is 2. The fourth-order valence-electron chi connectivity index (χ4n) is 7.73. The second-order valence-electron chi connectivity index (χ2n) is 10.8. The third-order valence-electron chi connectivity index (χ3n) is 8.79. The molecule has 34 heavy (non-hydrogen) atoms. The highest BCUT2D eigenvalue weighted by molar-refractivity contribution is 6.33. The summed E-state index contributed by atoms with van der Waals surface area (Å²) in [4.78, 5) is 27.2. The molecule has 0 radical (unpaired) electrons. The Labute approximate surface area is 201 Å². The largest absolute Gasteiger partial charge is 0.330 e. The number of anilines is 2. The molecule has 4 aliphatic carbocycles. The molecule has 4 heterocycles. The molecule has 2 unspecified atom stereocenters. The Morgan fingerprint density at radius 3 is 2.76 bits per heavy atom. The summed E-state index contributed by atoms with van der Waals surface area (Å²) in [6.45, 7) is 2.33. The summed E-state index contributed by atoms with van der Waals surface area (Å²) in [7, 11) is 1.82. The second-order valence-corrected chi connectivity index (χ2v) is 11.2. The Balaban J connectivity index is 1.36. The van der Waals surface area contributed by atoms with Crippen LogP contribution in [0.25, 0.3) is 16.8 Å². The van der Waals surface area contributed by atoms with Crippen LogP contribution in [0.3, 0.4) is 0 Å². The Morgan fingerprint density at radius 2 is 2.00 bits per heavy atom. The highest BCUT2D eigenvalue weighted by atomic mass is 35.5. The van der Waals surface area contributed by atoms with E-state index in [4.69, 9.17) is 16.6 Å². The van der Waals surface area contributed by atoms with Gasteiger partial charge >= 0.3 is 5.69 Å². The van der Waals surface area contributed by atoms with Crippen molar-refractivity contribution in [3.05, 3.63) is 40.3 Å². The van der Waals surface area contributed by atoms with Gasteiger partial charge in [-0.15, -0.1) is 0 Å². The Bertz CT molecular complexity index is 1500. The molecule has 0 spiro atoms. The lowest BCUT2D eigenvalue weighted by Crippen LogP contribution is -2.58. The van der Waals surface area contributed by atoms with Crippen LogP contribution in [0.5, 0.6) is 0 Å². The quantitative estimate of drug-likeness (QED) is 0.470. The van der Waals surface area contributed by atoms with Gasteiger partial charge in [0.1, 0.15) is 11.8 Å². The number of aromatic nitrogens is 7. The van der Waals surface area contributed by atoms with Crippen LogP contribution in [-0.2, 0) is 12.6 Å². The summed E-state index contributed by atoms with van der Waals surface area (Å²) in [6.07, 6.45) is 13.3. The zero-order valence-electron chi connectivity index (χ0n) is 19.3. The maximum absolute atomic E-state index is 13.6. The first-order valence-electron chi connectivity index (χ1n) is 12.1. The fraction of sp³-hybridized carbons (Fsp3) is 0.542. The zero-order valence-corrected chi connectivity index (χ0v) is 20.1. The van der Waals surface area contributed by atoms with E-state index in [1.54, 1.807) is 27.5 Å². The third kappa shape index (κ3) is 2.76. The van der Waals surface area contributed by atoms with Crippen molar-refractivity contribution in [1.82, 2.24) is 33.7 Å². The molecule has 0 saturated heterocycles. The molecular weight excluding hydrogens is 452 g/mol. The number of nitrogens with one attached hydrogen (secondary N) is 1. The van der Waals surface area contributed by atoms with E-state index in [1.165, 1.54) is 32.0 Å². The van der Waals surface area contributed by atoms with Crippen LogP contribution in [0.4, 0.5) is 11.6 Å². The molecule has 4 saturated carbocycles. The zero-order chi connectivity index (χ0) is 23.2. The van der Waals surface area contributed by atoms with E-state index in [-0.39, 0.29) is 11.2 Å². The van der Waals surface area contributed by atoms with Crippen molar-refractivity contribution in [1.29, 1.82) is 0 Å². The smallest absolute Gasteiger partial charge is 0.322 e. The highest BCUT2D eigenvalue weighted by Gasteiger charge is 2.58. The predicted octanol–water partition coefficient (Wildman–Crippen LogP) is 4.28. The van der Waals surface area contributed by atoms with Gasteiger partial charge in [0.2, 0.25) is 5.95 Å². The van der Waals surface area contributed by atoms with E-state index < -0.39 is 0 Å². The SMILES string of the molecule is CCC12CC3CC(C1)CC(n1c(=O)n(C)c4cnc(Nc5cn6ncnc6cc5Cl)nc41)(C3)C2. The van der Waals surface area contributed by atoms with Crippen LogP contribution in [0, 0.1) is 17.3 Å². The monoisotopic (exact) mass is 478 g/mol. The number of imidazole rings is 1. The summed E-state index contributed by atoms with van der Waals surface area (Å²) in [6, 6.07) is 1.74. The summed E-state index contributed by atoms with van der Waals surface area (Å²) < 4.78 is 5.37. The van der Waals surface area contributed by atoms with Crippen molar-refractivity contribution < 1.29 is 0 Å². The van der Waals surface area contributed by atoms with Crippen LogP contribution in [0.15, 0.2) is 29.6 Å². The molecule has 1 N–H and O–H groups in total. The molecule has 4 fully saturated rings. The number of rotatable bonds is 4. The van der Waals surface area contributed by atoms with Crippen molar-refractivity contribution in [2.24, 2.45) is 24.3 Å². The topological polar surface area (TPSA) is 94.9 Å². The van der Waals surface area contributed by atoms with E-state index in [1.807, 2.05) is 11.6 Å². The summed E-state index contributed by atoms with van der Waals surface area (Å²) >= 11 is 6.47. The van der Waals surface area contributed by atoms with Gasteiger partial charge in [-0.1, -0.05) is 24.9 Å². The lowest BCUT2D eigenvalue weighted by Gasteiger charge is -2.62. The molecular formula is C24H27ClN8O. The average Bonchev–Trinajstić information content (AvgIpc) is 3.35. The number of hydrogen-bond donors (Lipinski definition) is 1. The van der Waals surface area contributed by atoms with Gasteiger partial charge in [0, 0.05) is 13.1 Å². The molecule has 176 valence electrons. The number of pyridine rings is 1. The van der Waals surface area contributed by atoms with Crippen molar-refractivity contribution in [3.8, 4) is 0 Å². The van der Waals surface area contributed by atoms with Gasteiger partial charge in [-0.2, -0.15) is 10.1 Å². The van der Waals surface area contributed by atoms with Crippen LogP contribution < -0.4 is 11.0 Å². The van der Waals surface area contributed by atoms with Crippen molar-refractivity contribution in [3.63, 3.8) is 0 Å². The van der Waals surface area contributed by atoms with Crippen molar-refractivity contribution in [2.45, 2.75) is 57.4 Å². The molecule has 4 aromatic heterocycles. The minimum absolute atomic E-state index is 0.0109. The minimum Gasteiger partial charge on any atom is -0.322 e. The van der Waals surface area contributed by atoms with Crippen molar-refractivity contribution in [2.75, 3.05) is 5.32 Å². The van der Waals surface area contributed by atoms with Crippen LogP contribution in [0.2, 0.25) is 5.02 Å². The lowest BCUT2D eigenvalue weighted by molar-refractivity contribution is -0.103. The van der Waals surface area contributed by atoms with Gasteiger partial charge in [0.25, 0.3) is 0 Å². The Hall–Kier alpha value is -2.94. The molecule has 10 heteroatoms. The van der Waals surface area contributed by atoms with Crippen molar-refractivity contribution >= 4 is 40.0 Å². The number of nitrogens with zero attached hydrogens (tertiary/aromatic N) is 7. The van der Waals surface area contributed by atoms with Gasteiger partial charge in [-0.3, -0.25) is 9.13 Å². The molecule has 0 amide bonds. The number of aryl methyl sites for hydroxylation is 1. The Kier molecular flexibility index (Phi) is 4.09. The normalized spacial score (nSPS) is 30.0. The lowest BCUT2D eigenvalue weighted by atomic mass is 9.46. The van der Waals surface area contributed by atoms with E-state index in [0.29, 0.717) is 45.2 Å². The predicted molar refractivity (Wildman–Crippen MR) is 129 cm³/mol. The van der Waals surface area contributed by atoms with Crippen LogP contribution >= 0.6 is 11.6 Å². The molecule has 2 atom stereocenters. The van der Waals surface area contributed by atoms with Gasteiger partial charge in [0.15, 0.2) is 11.3 Å². The average molecular weight is 479 g/mol. The number of hydrogen-bond acceptors (Lipinski definition) is 6. The van der Waals surface area contributed by atoms with Gasteiger partial charge in [-0.05, 0) is 55.8 Å². The fourth-order valence-corrected chi connectivity index (χ4v) is 7.92. The minimum atomic E-state index is -0.153. The summed E-state index contributed by atoms with van der Waals surface area (Å²) in [5, 5.41) is 7.91. The van der Waals surface area contributed by atoms with Crippen LogP contribution in [0.1, 0.15) is 51.9 Å². The summed E-state index contributed by atoms with van der Waals surface area (Å²) in [5.41, 5.74) is 2.97. The van der Waals surface area contributed by atoms with E-state index >= 15 is 0 Å². The van der Waals surface area contributed by atoms with Crippen LogP contribution in [-0.4, -0.2) is 33.7 Å². The maximum Gasteiger partial charge on any atom is 0.330 e. The first kappa shape index (κ1) is 20.4. The summed E-state index contributed by atoms with van der Waals surface area (Å²) in [5.74, 6) is 1.81. The molecule has 9 nitrogen and oxygen atoms in total. The number of halogens is 1. The van der Waals surface area contributed by atoms with Gasteiger partial charge < -0.3 is 5.32 Å². The van der Waals surface area contributed by atoms with E-state index in [9.17, 15) is 4.79 Å². The first-order chi connectivity index (χ1) is 16.4.